The van der Waals surface area contributed by atoms with Crippen LogP contribution >= 0.6 is 11.6 Å². The Morgan fingerprint density at radius 1 is 1.19 bits per heavy atom. The Labute approximate surface area is 188 Å². The number of fused-ring (bicyclic) bond motifs is 3. The molecular formula is C23H18ClN3O5. The molecule has 1 unspecified atom stereocenters. The third-order valence-corrected chi connectivity index (χ3v) is 6.17. The summed E-state index contributed by atoms with van der Waals surface area (Å²) in [6.45, 7) is -0.188. The van der Waals surface area contributed by atoms with E-state index >= 15 is 0 Å². The smallest absolute Gasteiger partial charge is 0.354 e. The van der Waals surface area contributed by atoms with Crippen LogP contribution in [-0.4, -0.2) is 40.6 Å². The molecule has 1 saturated heterocycles. The van der Waals surface area contributed by atoms with Gasteiger partial charge in [0.15, 0.2) is 12.4 Å². The van der Waals surface area contributed by atoms with E-state index in [9.17, 15) is 14.4 Å². The Kier molecular flexibility index (Phi) is 4.74. The third-order valence-electron chi connectivity index (χ3n) is 5.91. The average Bonchev–Trinajstić information content (AvgIpc) is 3.42. The Morgan fingerprint density at radius 3 is 2.72 bits per heavy atom. The monoisotopic (exact) mass is 451 g/mol. The largest absolute Gasteiger partial charge is 0.454 e. The van der Waals surface area contributed by atoms with Crippen molar-refractivity contribution in [2.24, 2.45) is 0 Å². The molecule has 2 aliphatic heterocycles. The van der Waals surface area contributed by atoms with Crippen molar-refractivity contribution >= 4 is 35.1 Å². The number of rotatable bonds is 4. The first kappa shape index (κ1) is 20.3. The molecule has 8 nitrogen and oxygen atoms in total. The third kappa shape index (κ3) is 2.98. The quantitative estimate of drug-likeness (QED) is 0.562. The second-order valence-corrected chi connectivity index (χ2v) is 8.13. The molecule has 0 spiro atoms. The predicted molar refractivity (Wildman–Crippen MR) is 115 cm³/mol. The van der Waals surface area contributed by atoms with E-state index in [2.05, 4.69) is 5.16 Å². The number of anilines is 1. The normalized spacial score (nSPS) is 19.7. The molecule has 5 rings (SSSR count). The Morgan fingerprint density at radius 2 is 1.94 bits per heavy atom. The zero-order chi connectivity index (χ0) is 22.5. The maximum Gasteiger partial charge on any atom is 0.354 e. The molecule has 9 heteroatoms. The van der Waals surface area contributed by atoms with Gasteiger partial charge >= 0.3 is 5.97 Å². The van der Waals surface area contributed by atoms with Crippen LogP contribution in [0.2, 0.25) is 5.02 Å². The fraction of sp³-hybridized carbons (Fsp3) is 0.217. The fourth-order valence-electron chi connectivity index (χ4n) is 4.28. The molecular weight excluding hydrogens is 434 g/mol. The summed E-state index contributed by atoms with van der Waals surface area (Å²) >= 11 is 5.91. The standard InChI is InChI=1S/C23H18ClN3O5/c1-26-21(29)17-4-2-3-5-19(17)27-20(28)10-11-23(26,27)22(30)31-13-16-12-18(25-32-16)14-6-8-15(24)9-7-14/h2-9,12H,10-11,13H2,1H3. The molecule has 2 aromatic carbocycles. The molecule has 2 amide bonds. The van der Waals surface area contributed by atoms with Crippen molar-refractivity contribution in [3.8, 4) is 11.3 Å². The summed E-state index contributed by atoms with van der Waals surface area (Å²) in [5.41, 5.74) is 0.636. The van der Waals surface area contributed by atoms with Crippen molar-refractivity contribution < 1.29 is 23.6 Å². The first-order valence-electron chi connectivity index (χ1n) is 10.0. The van der Waals surface area contributed by atoms with Crippen LogP contribution in [0.15, 0.2) is 59.1 Å². The highest BCUT2D eigenvalue weighted by Gasteiger charge is 2.60. The van der Waals surface area contributed by atoms with E-state index in [1.165, 1.54) is 16.8 Å². The lowest BCUT2D eigenvalue weighted by molar-refractivity contribution is -0.158. The van der Waals surface area contributed by atoms with Crippen LogP contribution in [0.4, 0.5) is 5.69 Å². The van der Waals surface area contributed by atoms with E-state index in [-0.39, 0.29) is 31.3 Å². The first-order chi connectivity index (χ1) is 15.4. The number of aromatic nitrogens is 1. The molecule has 0 aliphatic carbocycles. The Bertz CT molecular complexity index is 1240. The number of halogens is 1. The van der Waals surface area contributed by atoms with Gasteiger partial charge in [0.05, 0.1) is 11.3 Å². The lowest BCUT2D eigenvalue weighted by atomic mass is 9.97. The number of benzene rings is 2. The average molecular weight is 452 g/mol. The zero-order valence-electron chi connectivity index (χ0n) is 17.1. The van der Waals surface area contributed by atoms with E-state index in [1.54, 1.807) is 54.6 Å². The van der Waals surface area contributed by atoms with Crippen LogP contribution in [-0.2, 0) is 20.9 Å². The number of likely N-dealkylation sites (N-methyl/N-ethyl adjacent to an activating group) is 1. The van der Waals surface area contributed by atoms with Gasteiger partial charge in [0.2, 0.25) is 11.6 Å². The lowest BCUT2D eigenvalue weighted by Gasteiger charge is -2.46. The number of hydrogen-bond donors (Lipinski definition) is 0. The van der Waals surface area contributed by atoms with E-state index in [0.717, 1.165) is 5.56 Å². The van der Waals surface area contributed by atoms with Gasteiger partial charge in [-0.1, -0.05) is 41.0 Å². The van der Waals surface area contributed by atoms with Crippen LogP contribution < -0.4 is 4.90 Å². The number of carbonyl (C=O) groups excluding carboxylic acids is 3. The molecule has 0 N–H and O–H groups in total. The van der Waals surface area contributed by atoms with Crippen molar-refractivity contribution in [2.45, 2.75) is 25.1 Å². The second-order valence-electron chi connectivity index (χ2n) is 7.69. The summed E-state index contributed by atoms with van der Waals surface area (Å²) < 4.78 is 10.8. The zero-order valence-corrected chi connectivity index (χ0v) is 17.8. The molecule has 1 fully saturated rings. The van der Waals surface area contributed by atoms with E-state index < -0.39 is 11.6 Å². The molecule has 162 valence electrons. The summed E-state index contributed by atoms with van der Waals surface area (Å²) in [5, 5.41) is 4.61. The summed E-state index contributed by atoms with van der Waals surface area (Å²) in [7, 11) is 1.51. The minimum absolute atomic E-state index is 0.129. The van der Waals surface area contributed by atoms with Gasteiger partial charge in [-0.25, -0.2) is 4.79 Å². The van der Waals surface area contributed by atoms with Gasteiger partial charge in [0, 0.05) is 36.5 Å². The van der Waals surface area contributed by atoms with Crippen LogP contribution in [0, 0.1) is 0 Å². The van der Waals surface area contributed by atoms with Crippen molar-refractivity contribution in [1.29, 1.82) is 0 Å². The van der Waals surface area contributed by atoms with Crippen LogP contribution in [0.25, 0.3) is 11.3 Å². The summed E-state index contributed by atoms with van der Waals surface area (Å²) in [6.07, 6.45) is 0.276. The SMILES string of the molecule is CN1C(=O)c2ccccc2N2C(=O)CCC12C(=O)OCc1cc(-c2ccc(Cl)cc2)no1. The van der Waals surface area contributed by atoms with Gasteiger partial charge in [0.1, 0.15) is 5.69 Å². The van der Waals surface area contributed by atoms with Crippen molar-refractivity contribution in [3.63, 3.8) is 0 Å². The summed E-state index contributed by atoms with van der Waals surface area (Å²) in [4.78, 5) is 41.7. The minimum atomic E-state index is -1.53. The van der Waals surface area contributed by atoms with Gasteiger partial charge < -0.3 is 14.2 Å². The topological polar surface area (TPSA) is 93.0 Å². The van der Waals surface area contributed by atoms with Gasteiger partial charge in [0.25, 0.3) is 5.91 Å². The molecule has 32 heavy (non-hydrogen) atoms. The Hall–Kier alpha value is -3.65. The molecule has 3 heterocycles. The minimum Gasteiger partial charge on any atom is -0.454 e. The van der Waals surface area contributed by atoms with Crippen LogP contribution in [0.5, 0.6) is 0 Å². The number of carbonyl (C=O) groups is 3. The molecule has 1 atom stereocenters. The summed E-state index contributed by atoms with van der Waals surface area (Å²) in [5.74, 6) is -0.939. The molecule has 2 aliphatic rings. The molecule has 0 bridgehead atoms. The van der Waals surface area contributed by atoms with E-state index in [4.69, 9.17) is 20.9 Å². The highest BCUT2D eigenvalue weighted by Crippen LogP contribution is 2.44. The summed E-state index contributed by atoms with van der Waals surface area (Å²) in [6, 6.07) is 15.5. The van der Waals surface area contributed by atoms with Crippen molar-refractivity contribution in [2.75, 3.05) is 11.9 Å². The number of nitrogens with zero attached hydrogens (tertiary/aromatic N) is 3. The van der Waals surface area contributed by atoms with Crippen LogP contribution in [0.1, 0.15) is 29.0 Å². The molecule has 0 radical (unpaired) electrons. The van der Waals surface area contributed by atoms with E-state index in [0.29, 0.717) is 27.7 Å². The van der Waals surface area contributed by atoms with Gasteiger partial charge in [-0.05, 0) is 24.3 Å². The predicted octanol–water partition coefficient (Wildman–Crippen LogP) is 3.65. The number of esters is 1. The highest BCUT2D eigenvalue weighted by atomic mass is 35.5. The molecule has 1 aromatic heterocycles. The number of hydrogen-bond acceptors (Lipinski definition) is 6. The maximum absolute atomic E-state index is 13.3. The van der Waals surface area contributed by atoms with Gasteiger partial charge in [-0.2, -0.15) is 0 Å². The van der Waals surface area contributed by atoms with Crippen molar-refractivity contribution in [1.82, 2.24) is 10.1 Å². The fourth-order valence-corrected chi connectivity index (χ4v) is 4.41. The van der Waals surface area contributed by atoms with E-state index in [1.807, 2.05) is 0 Å². The number of para-hydroxylation sites is 1. The Balaban J connectivity index is 1.40. The van der Waals surface area contributed by atoms with Crippen LogP contribution in [0.3, 0.4) is 0 Å². The molecule has 0 saturated carbocycles. The number of ether oxygens (including phenoxy) is 1. The van der Waals surface area contributed by atoms with Crippen molar-refractivity contribution in [3.05, 3.63) is 70.9 Å². The van der Waals surface area contributed by atoms with Gasteiger partial charge in [-0.3, -0.25) is 14.5 Å². The highest BCUT2D eigenvalue weighted by molar-refractivity contribution is 6.30. The maximum atomic E-state index is 13.3. The lowest BCUT2D eigenvalue weighted by Crippen LogP contribution is -2.67. The second kappa shape index (κ2) is 7.49. The first-order valence-corrected chi connectivity index (χ1v) is 10.4. The molecule has 3 aromatic rings. The number of amides is 2. The van der Waals surface area contributed by atoms with Gasteiger partial charge in [-0.15, -0.1) is 0 Å².